The zero-order valence-corrected chi connectivity index (χ0v) is 18.4. The second kappa shape index (κ2) is 10.9. The van der Waals surface area contributed by atoms with Crippen LogP contribution < -0.4 is 26.1 Å². The molecule has 0 aliphatic heterocycles. The molecule has 2 aromatic carbocycles. The summed E-state index contributed by atoms with van der Waals surface area (Å²) in [4.78, 5) is 47.1. The van der Waals surface area contributed by atoms with Crippen molar-refractivity contribution in [3.63, 3.8) is 0 Å². The molecule has 0 saturated heterocycles. The SMILES string of the molecule is CCOC(=O)Nc1ccc2c(COC(=O)c3ccc(OCC(N)=O)c(OC)c3)cc(=O)oc2c1. The van der Waals surface area contributed by atoms with Crippen LogP contribution in [-0.2, 0) is 20.9 Å². The van der Waals surface area contributed by atoms with E-state index in [1.165, 1.54) is 37.4 Å². The lowest BCUT2D eigenvalue weighted by Crippen LogP contribution is -2.20. The van der Waals surface area contributed by atoms with Crippen molar-refractivity contribution >= 4 is 34.6 Å². The van der Waals surface area contributed by atoms with E-state index in [-0.39, 0.29) is 42.5 Å². The van der Waals surface area contributed by atoms with Crippen molar-refractivity contribution in [1.29, 1.82) is 0 Å². The van der Waals surface area contributed by atoms with Gasteiger partial charge in [-0.3, -0.25) is 10.1 Å². The van der Waals surface area contributed by atoms with Crippen LogP contribution in [0.1, 0.15) is 22.8 Å². The molecule has 3 aromatic rings. The zero-order valence-electron chi connectivity index (χ0n) is 18.4. The number of primary amides is 1. The van der Waals surface area contributed by atoms with E-state index in [1.807, 2.05) is 0 Å². The Hall–Kier alpha value is -4.54. The van der Waals surface area contributed by atoms with E-state index in [1.54, 1.807) is 19.1 Å². The molecule has 1 aromatic heterocycles. The van der Waals surface area contributed by atoms with Crippen LogP contribution in [0.2, 0.25) is 0 Å². The predicted octanol–water partition coefficient (Wildman–Crippen LogP) is 2.59. The first-order valence-corrected chi connectivity index (χ1v) is 10.1. The van der Waals surface area contributed by atoms with Crippen LogP contribution in [0, 0.1) is 0 Å². The molecular formula is C23H22N2O9. The summed E-state index contributed by atoms with van der Waals surface area (Å²) >= 11 is 0. The number of ether oxygens (including phenoxy) is 4. The molecule has 0 saturated carbocycles. The zero-order chi connectivity index (χ0) is 24.7. The van der Waals surface area contributed by atoms with E-state index < -0.39 is 23.6 Å². The molecule has 2 amide bonds. The lowest BCUT2D eigenvalue weighted by atomic mass is 10.1. The van der Waals surface area contributed by atoms with Crippen molar-refractivity contribution < 1.29 is 37.7 Å². The molecule has 0 unspecified atom stereocenters. The van der Waals surface area contributed by atoms with Crippen LogP contribution in [0.5, 0.6) is 11.5 Å². The minimum Gasteiger partial charge on any atom is -0.493 e. The Labute approximate surface area is 193 Å². The number of methoxy groups -OCH3 is 1. The summed E-state index contributed by atoms with van der Waals surface area (Å²) in [7, 11) is 1.38. The fraction of sp³-hybridized carbons (Fsp3) is 0.217. The van der Waals surface area contributed by atoms with Crippen molar-refractivity contribution in [1.82, 2.24) is 0 Å². The summed E-state index contributed by atoms with van der Waals surface area (Å²) in [5.74, 6) is -0.893. The number of nitrogens with one attached hydrogen (secondary N) is 1. The van der Waals surface area contributed by atoms with E-state index in [4.69, 9.17) is 29.1 Å². The molecule has 0 bridgehead atoms. The quantitative estimate of drug-likeness (QED) is 0.354. The monoisotopic (exact) mass is 470 g/mol. The number of fused-ring (bicyclic) bond motifs is 1. The fourth-order valence-electron chi connectivity index (χ4n) is 3.00. The average molecular weight is 470 g/mol. The number of rotatable bonds is 9. The van der Waals surface area contributed by atoms with Crippen LogP contribution >= 0.6 is 0 Å². The van der Waals surface area contributed by atoms with Gasteiger partial charge in [0.1, 0.15) is 12.2 Å². The van der Waals surface area contributed by atoms with Gasteiger partial charge in [-0.25, -0.2) is 14.4 Å². The van der Waals surface area contributed by atoms with Crippen molar-refractivity contribution in [2.45, 2.75) is 13.5 Å². The number of hydrogen-bond donors (Lipinski definition) is 2. The second-order valence-corrected chi connectivity index (χ2v) is 6.84. The summed E-state index contributed by atoms with van der Waals surface area (Å²) in [6.07, 6.45) is -0.643. The van der Waals surface area contributed by atoms with Crippen molar-refractivity contribution in [3.8, 4) is 11.5 Å². The van der Waals surface area contributed by atoms with Gasteiger partial charge in [-0.05, 0) is 37.3 Å². The van der Waals surface area contributed by atoms with Gasteiger partial charge in [0.2, 0.25) is 0 Å². The van der Waals surface area contributed by atoms with Gasteiger partial charge in [0.25, 0.3) is 5.91 Å². The van der Waals surface area contributed by atoms with Gasteiger partial charge >= 0.3 is 17.7 Å². The van der Waals surface area contributed by atoms with Gasteiger partial charge in [-0.2, -0.15) is 0 Å². The minimum atomic E-state index is -0.679. The summed E-state index contributed by atoms with van der Waals surface area (Å²) in [6.45, 7) is 1.32. The first kappa shape index (κ1) is 24.1. The standard InChI is InChI=1S/C23H22N2O9/c1-3-31-23(29)25-15-5-6-16-14(9-21(27)34-18(16)10-15)11-33-22(28)13-4-7-17(19(8-13)30-2)32-12-20(24)26/h4-10H,3,11-12H2,1-2H3,(H2,24,26)(H,25,29). The Bertz CT molecular complexity index is 1280. The lowest BCUT2D eigenvalue weighted by Gasteiger charge is -2.12. The van der Waals surface area contributed by atoms with Crippen molar-refractivity contribution in [2.24, 2.45) is 5.73 Å². The third-order valence-corrected chi connectivity index (χ3v) is 4.48. The second-order valence-electron chi connectivity index (χ2n) is 6.84. The summed E-state index contributed by atoms with van der Waals surface area (Å²) < 4.78 is 25.8. The molecule has 11 heteroatoms. The smallest absolute Gasteiger partial charge is 0.411 e. The van der Waals surface area contributed by atoms with E-state index in [0.29, 0.717) is 16.6 Å². The average Bonchev–Trinajstić information content (AvgIpc) is 2.80. The van der Waals surface area contributed by atoms with Crippen LogP contribution in [0.15, 0.2) is 51.7 Å². The molecule has 0 atom stereocenters. The third kappa shape index (κ3) is 6.03. The Morgan fingerprint density at radius 2 is 1.82 bits per heavy atom. The molecule has 11 nitrogen and oxygen atoms in total. The molecule has 3 rings (SSSR count). The molecule has 0 aliphatic rings. The molecular weight excluding hydrogens is 448 g/mol. The van der Waals surface area contributed by atoms with E-state index in [2.05, 4.69) is 5.32 Å². The van der Waals surface area contributed by atoms with E-state index in [9.17, 15) is 19.2 Å². The van der Waals surface area contributed by atoms with Gasteiger partial charge < -0.3 is 29.1 Å². The predicted molar refractivity (Wildman–Crippen MR) is 120 cm³/mol. The van der Waals surface area contributed by atoms with E-state index in [0.717, 1.165) is 0 Å². The maximum atomic E-state index is 12.6. The number of anilines is 1. The molecule has 0 radical (unpaired) electrons. The third-order valence-electron chi connectivity index (χ3n) is 4.48. The highest BCUT2D eigenvalue weighted by atomic mass is 16.5. The molecule has 0 spiro atoms. The molecule has 0 fully saturated rings. The van der Waals surface area contributed by atoms with Crippen molar-refractivity contribution in [3.05, 3.63) is 64.0 Å². The number of benzene rings is 2. The normalized spacial score (nSPS) is 10.4. The summed E-state index contributed by atoms with van der Waals surface area (Å²) in [6, 6.07) is 10.2. The van der Waals surface area contributed by atoms with Crippen LogP contribution in [0.3, 0.4) is 0 Å². The van der Waals surface area contributed by atoms with Gasteiger partial charge in [-0.1, -0.05) is 0 Å². The number of nitrogens with two attached hydrogens (primary N) is 1. The Morgan fingerprint density at radius 3 is 2.53 bits per heavy atom. The van der Waals surface area contributed by atoms with Gasteiger partial charge in [0.15, 0.2) is 18.1 Å². The van der Waals surface area contributed by atoms with Gasteiger partial charge in [0.05, 0.1) is 19.3 Å². The highest BCUT2D eigenvalue weighted by Gasteiger charge is 2.15. The first-order valence-electron chi connectivity index (χ1n) is 10.1. The highest BCUT2D eigenvalue weighted by Crippen LogP contribution is 2.29. The largest absolute Gasteiger partial charge is 0.493 e. The number of esters is 1. The number of amides is 2. The number of hydrogen-bond acceptors (Lipinski definition) is 9. The maximum Gasteiger partial charge on any atom is 0.411 e. The first-order chi connectivity index (χ1) is 16.3. The highest BCUT2D eigenvalue weighted by molar-refractivity contribution is 5.91. The Kier molecular flexibility index (Phi) is 7.70. The summed E-state index contributed by atoms with van der Waals surface area (Å²) in [5.41, 5.74) is 5.56. The van der Waals surface area contributed by atoms with Crippen molar-refractivity contribution in [2.75, 3.05) is 25.6 Å². The van der Waals surface area contributed by atoms with E-state index >= 15 is 0 Å². The van der Waals surface area contributed by atoms with Crippen LogP contribution in [0.4, 0.5) is 10.5 Å². The lowest BCUT2D eigenvalue weighted by molar-refractivity contribution is -0.119. The number of carbonyl (C=O) groups is 3. The number of carbonyl (C=O) groups excluding carboxylic acids is 3. The van der Waals surface area contributed by atoms with Crippen LogP contribution in [0.25, 0.3) is 11.0 Å². The van der Waals surface area contributed by atoms with Gasteiger partial charge in [-0.15, -0.1) is 0 Å². The van der Waals surface area contributed by atoms with Crippen LogP contribution in [-0.4, -0.2) is 38.3 Å². The fourth-order valence-corrected chi connectivity index (χ4v) is 3.00. The topological polar surface area (TPSA) is 156 Å². The molecule has 3 N–H and O–H groups in total. The Morgan fingerprint density at radius 1 is 1.03 bits per heavy atom. The Balaban J connectivity index is 1.76. The summed E-state index contributed by atoms with van der Waals surface area (Å²) in [5, 5.41) is 3.04. The van der Waals surface area contributed by atoms with Gasteiger partial charge in [0, 0.05) is 28.8 Å². The molecule has 34 heavy (non-hydrogen) atoms. The minimum absolute atomic E-state index is 0.163. The maximum absolute atomic E-state index is 12.6. The molecule has 178 valence electrons. The molecule has 1 heterocycles. The molecule has 0 aliphatic carbocycles.